The first-order valence-corrected chi connectivity index (χ1v) is 11.2. The van der Waals surface area contributed by atoms with Crippen molar-refractivity contribution in [1.82, 2.24) is 20.3 Å². The number of hydrogen-bond donors (Lipinski definition) is 1. The summed E-state index contributed by atoms with van der Waals surface area (Å²) in [7, 11) is -2.84. The Labute approximate surface area is 178 Å². The number of nitrogens with zero attached hydrogens (tertiary/aromatic N) is 4. The van der Waals surface area contributed by atoms with Crippen LogP contribution in [0.25, 0.3) is 0 Å². The number of hydrogen-bond acceptors (Lipinski definition) is 6. The maximum absolute atomic E-state index is 11.6. The van der Waals surface area contributed by atoms with E-state index in [0.717, 1.165) is 63.1 Å². The fraction of sp³-hybridized carbons (Fsp3) is 0.765. The summed E-state index contributed by atoms with van der Waals surface area (Å²) < 4.78 is 28.4. The van der Waals surface area contributed by atoms with Gasteiger partial charge in [-0.3, -0.25) is 9.89 Å². The molecule has 3 rings (SSSR count). The molecule has 0 saturated carbocycles. The number of rotatable bonds is 5. The molecule has 0 aromatic carbocycles. The number of nitrogens with one attached hydrogen (secondary N) is 1. The number of aromatic nitrogens is 1. The Morgan fingerprint density at radius 2 is 2.11 bits per heavy atom. The molecule has 10 heteroatoms. The van der Waals surface area contributed by atoms with Crippen molar-refractivity contribution in [2.75, 3.05) is 50.8 Å². The molecule has 1 unspecified atom stereocenters. The molecule has 0 bridgehead atoms. The van der Waals surface area contributed by atoms with Crippen LogP contribution in [0.2, 0.25) is 0 Å². The van der Waals surface area contributed by atoms with Gasteiger partial charge in [-0.25, -0.2) is 8.42 Å². The minimum Gasteiger partial charge on any atom is -0.361 e. The zero-order valence-corrected chi connectivity index (χ0v) is 19.2. The minimum absolute atomic E-state index is 0. The van der Waals surface area contributed by atoms with E-state index in [4.69, 9.17) is 9.52 Å². The number of halogens is 1. The molecule has 1 atom stereocenters. The molecular formula is C17H30IN5O3S. The van der Waals surface area contributed by atoms with Gasteiger partial charge in [0.25, 0.3) is 0 Å². The van der Waals surface area contributed by atoms with Crippen molar-refractivity contribution in [3.8, 4) is 0 Å². The van der Waals surface area contributed by atoms with Crippen LogP contribution in [0.4, 0.5) is 0 Å². The van der Waals surface area contributed by atoms with Crippen molar-refractivity contribution in [2.45, 2.75) is 26.8 Å². The maximum atomic E-state index is 11.6. The fourth-order valence-corrected chi connectivity index (χ4v) is 5.35. The lowest BCUT2D eigenvalue weighted by Crippen LogP contribution is -2.52. The Morgan fingerprint density at radius 3 is 2.67 bits per heavy atom. The van der Waals surface area contributed by atoms with E-state index in [-0.39, 0.29) is 35.6 Å². The molecule has 154 valence electrons. The maximum Gasteiger partial charge on any atom is 0.194 e. The Morgan fingerprint density at radius 1 is 1.37 bits per heavy atom. The van der Waals surface area contributed by atoms with Crippen LogP contribution in [-0.4, -0.2) is 80.1 Å². The minimum atomic E-state index is -2.84. The molecule has 3 heterocycles. The van der Waals surface area contributed by atoms with E-state index in [9.17, 15) is 8.42 Å². The summed E-state index contributed by atoms with van der Waals surface area (Å²) in [6.45, 7) is 9.82. The van der Waals surface area contributed by atoms with Crippen LogP contribution in [0.15, 0.2) is 15.6 Å². The molecule has 0 spiro atoms. The zero-order valence-electron chi connectivity index (χ0n) is 16.1. The van der Waals surface area contributed by atoms with Gasteiger partial charge in [-0.1, -0.05) is 5.16 Å². The van der Waals surface area contributed by atoms with Gasteiger partial charge in [-0.05, 0) is 26.2 Å². The summed E-state index contributed by atoms with van der Waals surface area (Å²) in [5.74, 6) is 2.48. The largest absolute Gasteiger partial charge is 0.361 e. The first-order chi connectivity index (χ1) is 12.4. The third-order valence-electron chi connectivity index (χ3n) is 4.90. The van der Waals surface area contributed by atoms with Crippen LogP contribution in [0, 0.1) is 12.8 Å². The highest BCUT2D eigenvalue weighted by Gasteiger charge is 2.28. The van der Waals surface area contributed by atoms with Crippen molar-refractivity contribution in [3.63, 3.8) is 0 Å². The van der Waals surface area contributed by atoms with Crippen molar-refractivity contribution in [1.29, 1.82) is 0 Å². The number of aliphatic imine (C=N–C) groups is 1. The second-order valence-electron chi connectivity index (χ2n) is 7.16. The molecule has 27 heavy (non-hydrogen) atoms. The Bertz CT molecular complexity index is 729. The summed E-state index contributed by atoms with van der Waals surface area (Å²) in [4.78, 5) is 9.34. The quantitative estimate of drug-likeness (QED) is 0.360. The van der Waals surface area contributed by atoms with Crippen LogP contribution in [0.3, 0.4) is 0 Å². The molecule has 0 amide bonds. The van der Waals surface area contributed by atoms with E-state index < -0.39 is 9.84 Å². The van der Waals surface area contributed by atoms with E-state index in [2.05, 4.69) is 27.2 Å². The first-order valence-electron chi connectivity index (χ1n) is 9.33. The van der Waals surface area contributed by atoms with E-state index in [1.165, 1.54) is 0 Å². The Kier molecular flexibility index (Phi) is 8.35. The molecule has 1 N–H and O–H groups in total. The summed E-state index contributed by atoms with van der Waals surface area (Å²) in [5, 5.41) is 7.41. The zero-order chi connectivity index (χ0) is 18.6. The van der Waals surface area contributed by atoms with Crippen LogP contribution in [0.5, 0.6) is 0 Å². The Balaban J connectivity index is 0.00000261. The summed E-state index contributed by atoms with van der Waals surface area (Å²) in [5.41, 5.74) is 0.971. The summed E-state index contributed by atoms with van der Waals surface area (Å²) in [6, 6.07) is 1.98. The van der Waals surface area contributed by atoms with Crippen molar-refractivity contribution in [3.05, 3.63) is 17.5 Å². The summed E-state index contributed by atoms with van der Waals surface area (Å²) in [6.07, 6.45) is 0.732. The monoisotopic (exact) mass is 511 g/mol. The van der Waals surface area contributed by atoms with Gasteiger partial charge in [0.05, 0.1) is 17.2 Å². The second kappa shape index (κ2) is 10.1. The normalized spacial score (nSPS) is 23.3. The van der Waals surface area contributed by atoms with Crippen LogP contribution in [-0.2, 0) is 16.4 Å². The van der Waals surface area contributed by atoms with Gasteiger partial charge >= 0.3 is 0 Å². The van der Waals surface area contributed by atoms with Crippen LogP contribution in [0.1, 0.15) is 24.8 Å². The average Bonchev–Trinajstić information content (AvgIpc) is 3.17. The van der Waals surface area contributed by atoms with Crippen molar-refractivity contribution in [2.24, 2.45) is 10.9 Å². The van der Waals surface area contributed by atoms with Crippen LogP contribution < -0.4 is 5.32 Å². The molecule has 0 radical (unpaired) electrons. The van der Waals surface area contributed by atoms with Gasteiger partial charge in [-0.15, -0.1) is 24.0 Å². The Hall–Kier alpha value is -0.880. The molecule has 2 aliphatic rings. The molecule has 2 aliphatic heterocycles. The third-order valence-corrected chi connectivity index (χ3v) is 6.73. The van der Waals surface area contributed by atoms with Gasteiger partial charge in [0, 0.05) is 51.9 Å². The van der Waals surface area contributed by atoms with Gasteiger partial charge in [0.2, 0.25) is 0 Å². The number of aryl methyl sites for hydroxylation is 1. The molecule has 1 aromatic rings. The van der Waals surface area contributed by atoms with E-state index in [1.54, 1.807) is 0 Å². The molecule has 8 nitrogen and oxygen atoms in total. The highest BCUT2D eigenvalue weighted by molar-refractivity contribution is 14.0. The number of guanidine groups is 1. The third kappa shape index (κ3) is 6.60. The predicted octanol–water partition coefficient (Wildman–Crippen LogP) is 1.12. The fourth-order valence-electron chi connectivity index (χ4n) is 3.50. The first kappa shape index (κ1) is 22.4. The lowest BCUT2D eigenvalue weighted by Gasteiger charge is -2.36. The van der Waals surface area contributed by atoms with Gasteiger partial charge in [0.1, 0.15) is 5.76 Å². The van der Waals surface area contributed by atoms with E-state index >= 15 is 0 Å². The predicted molar refractivity (Wildman–Crippen MR) is 116 cm³/mol. The van der Waals surface area contributed by atoms with Gasteiger partial charge in [-0.2, -0.15) is 0 Å². The standard InChI is InChI=1S/C17H29N5O3S.HI/c1-3-18-17(19-11-15-4-9-26(23,24)13-15)22-7-5-21(6-8-22)12-16-10-14(2)25-20-16;/h10,15H,3-9,11-13H2,1-2H3,(H,18,19);1H. The summed E-state index contributed by atoms with van der Waals surface area (Å²) >= 11 is 0. The molecule has 2 fully saturated rings. The van der Waals surface area contributed by atoms with Crippen molar-refractivity contribution >= 4 is 39.8 Å². The SMILES string of the molecule is CCNC(=NCC1CCS(=O)(=O)C1)N1CCN(Cc2cc(C)on2)CC1.I. The van der Waals surface area contributed by atoms with Crippen LogP contribution >= 0.6 is 24.0 Å². The average molecular weight is 511 g/mol. The molecule has 2 saturated heterocycles. The topological polar surface area (TPSA) is 91.0 Å². The number of sulfone groups is 1. The van der Waals surface area contributed by atoms with Gasteiger partial charge < -0.3 is 14.7 Å². The lowest BCUT2D eigenvalue weighted by molar-refractivity contribution is 0.169. The van der Waals surface area contributed by atoms with E-state index in [0.29, 0.717) is 12.3 Å². The highest BCUT2D eigenvalue weighted by Crippen LogP contribution is 2.18. The van der Waals surface area contributed by atoms with Gasteiger partial charge in [0.15, 0.2) is 15.8 Å². The van der Waals surface area contributed by atoms with E-state index in [1.807, 2.05) is 13.0 Å². The van der Waals surface area contributed by atoms with Crippen molar-refractivity contribution < 1.29 is 12.9 Å². The number of piperazine rings is 1. The molecular weight excluding hydrogens is 481 g/mol. The molecule has 1 aromatic heterocycles. The lowest BCUT2D eigenvalue weighted by atomic mass is 10.1. The smallest absolute Gasteiger partial charge is 0.194 e. The molecule has 0 aliphatic carbocycles. The highest BCUT2D eigenvalue weighted by atomic mass is 127. The second-order valence-corrected chi connectivity index (χ2v) is 9.38.